The first-order chi connectivity index (χ1) is 10.5. The maximum Gasteiger partial charge on any atom is 0.119 e. The van der Waals surface area contributed by atoms with Crippen molar-refractivity contribution in [2.24, 2.45) is 0 Å². The zero-order valence-corrected chi connectivity index (χ0v) is 13.7. The summed E-state index contributed by atoms with van der Waals surface area (Å²) in [6.45, 7) is 10.0. The number of aliphatic hydroxyl groups is 1. The predicted octanol–water partition coefficient (Wildman–Crippen LogP) is 3.91. The minimum atomic E-state index is -0.685. The van der Waals surface area contributed by atoms with Crippen molar-refractivity contribution in [2.75, 3.05) is 13.2 Å². The Labute approximate surface area is 133 Å². The maximum absolute atomic E-state index is 10.0. The summed E-state index contributed by atoms with van der Waals surface area (Å²) in [5.74, 6) is 0.738. The first-order valence-electron chi connectivity index (χ1n) is 7.45. The summed E-state index contributed by atoms with van der Waals surface area (Å²) in [6, 6.07) is 9.42. The van der Waals surface area contributed by atoms with Crippen molar-refractivity contribution in [1.29, 1.82) is 0 Å². The van der Waals surface area contributed by atoms with Gasteiger partial charge in [0.1, 0.15) is 18.5 Å². The molecule has 0 fully saturated rings. The van der Waals surface area contributed by atoms with E-state index in [2.05, 4.69) is 6.58 Å². The van der Waals surface area contributed by atoms with Crippen molar-refractivity contribution in [3.8, 4) is 5.75 Å². The highest BCUT2D eigenvalue weighted by Crippen LogP contribution is 2.22. The molecular formula is C19H26O3. The lowest BCUT2D eigenvalue weighted by molar-refractivity contribution is -0.0484. The minimum Gasteiger partial charge on any atom is -0.491 e. The fourth-order valence-electron chi connectivity index (χ4n) is 1.91. The molecule has 0 saturated carbocycles. The Bertz CT molecular complexity index is 501. The highest BCUT2D eigenvalue weighted by atomic mass is 16.5. The number of allylic oxidation sites excluding steroid dienone is 3. The number of hydrogen-bond donors (Lipinski definition) is 1. The van der Waals surface area contributed by atoms with Gasteiger partial charge in [0, 0.05) is 0 Å². The second-order valence-electron chi connectivity index (χ2n) is 5.46. The van der Waals surface area contributed by atoms with Gasteiger partial charge in [0.15, 0.2) is 0 Å². The van der Waals surface area contributed by atoms with Crippen LogP contribution in [0.1, 0.15) is 20.8 Å². The van der Waals surface area contributed by atoms with E-state index >= 15 is 0 Å². The fourth-order valence-corrected chi connectivity index (χ4v) is 1.91. The van der Waals surface area contributed by atoms with Gasteiger partial charge in [0.25, 0.3) is 0 Å². The summed E-state index contributed by atoms with van der Waals surface area (Å²) in [7, 11) is 0. The zero-order valence-electron chi connectivity index (χ0n) is 13.7. The van der Waals surface area contributed by atoms with Crippen molar-refractivity contribution in [2.45, 2.75) is 32.5 Å². The van der Waals surface area contributed by atoms with E-state index in [1.165, 1.54) is 0 Å². The molecule has 1 unspecified atom stereocenters. The largest absolute Gasteiger partial charge is 0.491 e. The summed E-state index contributed by atoms with van der Waals surface area (Å²) in [4.78, 5) is 0. The van der Waals surface area contributed by atoms with Gasteiger partial charge < -0.3 is 14.6 Å². The topological polar surface area (TPSA) is 38.7 Å². The fraction of sp³-hybridized carbons (Fsp3) is 0.368. The standard InChI is InChI=1S/C19H26O3/c1-5-10-16(11-6-2)19(3,4)22-15-17(20)14-21-18-12-8-7-9-13-18/h5-13,17,20H,1,14-15H2,2-4H3/b11-6-,16-10+. The Morgan fingerprint density at radius 2 is 1.95 bits per heavy atom. The van der Waals surface area contributed by atoms with Gasteiger partial charge in [-0.25, -0.2) is 0 Å². The summed E-state index contributed by atoms with van der Waals surface area (Å²) < 4.78 is 11.4. The Morgan fingerprint density at radius 3 is 2.55 bits per heavy atom. The lowest BCUT2D eigenvalue weighted by atomic mass is 9.96. The van der Waals surface area contributed by atoms with Gasteiger partial charge in [-0.2, -0.15) is 0 Å². The highest BCUT2D eigenvalue weighted by Gasteiger charge is 2.23. The number of rotatable bonds is 9. The number of para-hydroxylation sites is 1. The Hall–Kier alpha value is -1.84. The number of aliphatic hydroxyl groups excluding tert-OH is 1. The van der Waals surface area contributed by atoms with Crippen LogP contribution >= 0.6 is 0 Å². The van der Waals surface area contributed by atoms with Crippen LogP contribution in [-0.4, -0.2) is 30.0 Å². The van der Waals surface area contributed by atoms with E-state index in [0.29, 0.717) is 0 Å². The van der Waals surface area contributed by atoms with Crippen molar-refractivity contribution in [3.63, 3.8) is 0 Å². The van der Waals surface area contributed by atoms with E-state index in [9.17, 15) is 5.11 Å². The van der Waals surface area contributed by atoms with Crippen LogP contribution in [0, 0.1) is 0 Å². The predicted molar refractivity (Wildman–Crippen MR) is 91.1 cm³/mol. The van der Waals surface area contributed by atoms with Gasteiger partial charge in [-0.1, -0.05) is 49.1 Å². The third kappa shape index (κ3) is 6.29. The second kappa shape index (κ2) is 9.23. The van der Waals surface area contributed by atoms with Crippen LogP contribution in [0.2, 0.25) is 0 Å². The molecule has 22 heavy (non-hydrogen) atoms. The molecule has 0 heterocycles. The molecule has 1 aromatic carbocycles. The van der Waals surface area contributed by atoms with E-state index in [-0.39, 0.29) is 13.2 Å². The highest BCUT2D eigenvalue weighted by molar-refractivity contribution is 5.30. The van der Waals surface area contributed by atoms with Crippen LogP contribution in [0.5, 0.6) is 5.75 Å². The second-order valence-corrected chi connectivity index (χ2v) is 5.46. The first kappa shape index (κ1) is 18.2. The molecule has 0 saturated heterocycles. The van der Waals surface area contributed by atoms with E-state index < -0.39 is 11.7 Å². The molecule has 1 rings (SSSR count). The van der Waals surface area contributed by atoms with E-state index in [4.69, 9.17) is 9.47 Å². The van der Waals surface area contributed by atoms with Gasteiger partial charge in [-0.3, -0.25) is 0 Å². The quantitative estimate of drug-likeness (QED) is 0.703. The van der Waals surface area contributed by atoms with Gasteiger partial charge in [-0.05, 0) is 38.5 Å². The summed E-state index contributed by atoms with van der Waals surface area (Å²) in [5.41, 5.74) is 0.496. The summed E-state index contributed by atoms with van der Waals surface area (Å²) >= 11 is 0. The molecule has 120 valence electrons. The Balaban J connectivity index is 2.49. The molecule has 3 heteroatoms. The van der Waals surface area contributed by atoms with Gasteiger partial charge >= 0.3 is 0 Å². The number of benzene rings is 1. The average Bonchev–Trinajstić information content (AvgIpc) is 2.52. The summed E-state index contributed by atoms with van der Waals surface area (Å²) in [5, 5.41) is 10.0. The average molecular weight is 302 g/mol. The molecular weight excluding hydrogens is 276 g/mol. The van der Waals surface area contributed by atoms with Gasteiger partial charge in [0.05, 0.1) is 12.2 Å². The maximum atomic E-state index is 10.0. The van der Waals surface area contributed by atoms with Crippen molar-refractivity contribution in [1.82, 2.24) is 0 Å². The minimum absolute atomic E-state index is 0.199. The van der Waals surface area contributed by atoms with E-state index in [1.54, 1.807) is 6.08 Å². The molecule has 0 aliphatic carbocycles. The monoisotopic (exact) mass is 302 g/mol. The van der Waals surface area contributed by atoms with Gasteiger partial charge in [0.2, 0.25) is 0 Å². The molecule has 1 aromatic rings. The molecule has 1 N–H and O–H groups in total. The molecule has 0 aliphatic rings. The summed E-state index contributed by atoms with van der Waals surface area (Å²) in [6.07, 6.45) is 6.89. The lowest BCUT2D eigenvalue weighted by Gasteiger charge is -2.28. The van der Waals surface area contributed by atoms with Crippen LogP contribution in [0.4, 0.5) is 0 Å². The lowest BCUT2D eigenvalue weighted by Crippen LogP contribution is -2.33. The first-order valence-corrected chi connectivity index (χ1v) is 7.45. The van der Waals surface area contributed by atoms with Crippen molar-refractivity contribution >= 4 is 0 Å². The van der Waals surface area contributed by atoms with Crippen LogP contribution in [0.3, 0.4) is 0 Å². The zero-order chi connectivity index (χ0) is 16.4. The number of ether oxygens (including phenoxy) is 2. The third-order valence-corrected chi connectivity index (χ3v) is 3.16. The molecule has 0 aromatic heterocycles. The van der Waals surface area contributed by atoms with Crippen LogP contribution in [-0.2, 0) is 4.74 Å². The molecule has 1 atom stereocenters. The molecule has 0 spiro atoms. The molecule has 0 bridgehead atoms. The van der Waals surface area contributed by atoms with E-state index in [1.807, 2.05) is 69.3 Å². The molecule has 3 nitrogen and oxygen atoms in total. The van der Waals surface area contributed by atoms with E-state index in [0.717, 1.165) is 11.3 Å². The molecule has 0 radical (unpaired) electrons. The Morgan fingerprint density at radius 1 is 1.27 bits per heavy atom. The SMILES string of the molecule is C=C/C=C(\C=C/C)C(C)(C)OCC(O)COc1ccccc1. The van der Waals surface area contributed by atoms with Crippen molar-refractivity contribution in [3.05, 3.63) is 66.8 Å². The number of hydrogen-bond acceptors (Lipinski definition) is 3. The van der Waals surface area contributed by atoms with Gasteiger partial charge in [-0.15, -0.1) is 0 Å². The normalized spacial score (nSPS) is 14.1. The molecule has 0 aliphatic heterocycles. The van der Waals surface area contributed by atoms with Crippen molar-refractivity contribution < 1.29 is 14.6 Å². The van der Waals surface area contributed by atoms with Crippen LogP contribution in [0.15, 0.2) is 66.8 Å². The molecule has 0 amide bonds. The Kier molecular flexibility index (Phi) is 7.64. The smallest absolute Gasteiger partial charge is 0.119 e. The third-order valence-electron chi connectivity index (χ3n) is 3.16. The van der Waals surface area contributed by atoms with Crippen LogP contribution < -0.4 is 4.74 Å². The van der Waals surface area contributed by atoms with Crippen LogP contribution in [0.25, 0.3) is 0 Å².